The first kappa shape index (κ1) is 16.6. The summed E-state index contributed by atoms with van der Waals surface area (Å²) in [5, 5.41) is 20.2. The minimum absolute atomic E-state index is 0.0534. The lowest BCUT2D eigenvalue weighted by molar-refractivity contribution is 0.220. The van der Waals surface area contributed by atoms with Gasteiger partial charge in [-0.25, -0.2) is 0 Å². The Labute approximate surface area is 132 Å². The van der Waals surface area contributed by atoms with Crippen LogP contribution < -0.4 is 5.32 Å². The van der Waals surface area contributed by atoms with E-state index in [0.717, 1.165) is 30.9 Å². The number of aromatic nitrogens is 3. The molecule has 5 heteroatoms. The number of aliphatic hydroxyl groups is 1. The molecule has 0 aliphatic carbocycles. The molecule has 0 aliphatic heterocycles. The van der Waals surface area contributed by atoms with Crippen LogP contribution in [0.4, 0.5) is 0 Å². The Kier molecular flexibility index (Phi) is 5.69. The maximum Gasteiger partial charge on any atom is 0.0535 e. The first-order valence-electron chi connectivity index (χ1n) is 7.75. The Morgan fingerprint density at radius 2 is 2.14 bits per heavy atom. The third-order valence-electron chi connectivity index (χ3n) is 3.70. The number of rotatable bonds is 7. The maximum absolute atomic E-state index is 9.54. The van der Waals surface area contributed by atoms with Crippen LogP contribution in [0.15, 0.2) is 30.6 Å². The Balaban J connectivity index is 1.86. The second-order valence-electron chi connectivity index (χ2n) is 6.72. The van der Waals surface area contributed by atoms with Gasteiger partial charge < -0.3 is 10.4 Å². The molecule has 2 heterocycles. The van der Waals surface area contributed by atoms with E-state index in [2.05, 4.69) is 41.3 Å². The molecule has 0 bridgehead atoms. The van der Waals surface area contributed by atoms with Crippen molar-refractivity contribution in [1.29, 1.82) is 0 Å². The van der Waals surface area contributed by atoms with Gasteiger partial charge in [0.2, 0.25) is 0 Å². The van der Waals surface area contributed by atoms with Crippen molar-refractivity contribution in [1.82, 2.24) is 20.5 Å². The van der Waals surface area contributed by atoms with Crippen LogP contribution in [0.1, 0.15) is 37.7 Å². The van der Waals surface area contributed by atoms with Crippen molar-refractivity contribution in [2.75, 3.05) is 13.2 Å². The first-order chi connectivity index (χ1) is 10.5. The number of pyridine rings is 1. The second kappa shape index (κ2) is 7.51. The zero-order valence-corrected chi connectivity index (χ0v) is 13.6. The van der Waals surface area contributed by atoms with Crippen molar-refractivity contribution in [3.8, 4) is 0 Å². The first-order valence-corrected chi connectivity index (χ1v) is 7.75. The largest absolute Gasteiger partial charge is 0.396 e. The molecule has 0 aromatic carbocycles. The Morgan fingerprint density at radius 1 is 1.32 bits per heavy atom. The van der Waals surface area contributed by atoms with E-state index in [-0.39, 0.29) is 17.9 Å². The summed E-state index contributed by atoms with van der Waals surface area (Å²) in [4.78, 5) is 4.32. The van der Waals surface area contributed by atoms with Gasteiger partial charge in [0.15, 0.2) is 0 Å². The number of aliphatic hydroxyl groups excluding tert-OH is 1. The molecule has 5 nitrogen and oxygen atoms in total. The van der Waals surface area contributed by atoms with E-state index in [0.29, 0.717) is 0 Å². The van der Waals surface area contributed by atoms with Crippen LogP contribution >= 0.6 is 0 Å². The molecule has 0 radical (unpaired) electrons. The molecule has 1 atom stereocenters. The fraction of sp³-hybridized carbons (Fsp3) is 0.529. The van der Waals surface area contributed by atoms with E-state index in [1.165, 1.54) is 5.56 Å². The van der Waals surface area contributed by atoms with E-state index in [1.807, 2.05) is 24.4 Å². The summed E-state index contributed by atoms with van der Waals surface area (Å²) in [6, 6.07) is 5.88. The lowest BCUT2D eigenvalue weighted by atomic mass is 9.89. The average Bonchev–Trinajstić information content (AvgIpc) is 2.96. The molecule has 22 heavy (non-hydrogen) atoms. The molecular weight excluding hydrogens is 276 g/mol. The highest BCUT2D eigenvalue weighted by atomic mass is 16.3. The van der Waals surface area contributed by atoms with Crippen LogP contribution in [-0.4, -0.2) is 33.4 Å². The van der Waals surface area contributed by atoms with Crippen molar-refractivity contribution in [2.24, 2.45) is 5.92 Å². The van der Waals surface area contributed by atoms with Crippen molar-refractivity contribution in [2.45, 2.75) is 39.2 Å². The van der Waals surface area contributed by atoms with Gasteiger partial charge in [-0.05, 0) is 24.5 Å². The third-order valence-corrected chi connectivity index (χ3v) is 3.70. The van der Waals surface area contributed by atoms with Gasteiger partial charge >= 0.3 is 0 Å². The molecule has 2 aromatic heterocycles. The third kappa shape index (κ3) is 4.64. The van der Waals surface area contributed by atoms with Gasteiger partial charge in [-0.2, -0.15) is 5.10 Å². The molecule has 1 unspecified atom stereocenters. The van der Waals surface area contributed by atoms with Crippen LogP contribution in [0.25, 0.3) is 0 Å². The summed E-state index contributed by atoms with van der Waals surface area (Å²) in [5.41, 5.74) is 3.41. The number of H-pyrrole nitrogens is 1. The predicted molar refractivity (Wildman–Crippen MR) is 87.5 cm³/mol. The Morgan fingerprint density at radius 3 is 2.77 bits per heavy atom. The number of nitrogens with one attached hydrogen (secondary N) is 2. The number of aromatic amines is 1. The summed E-state index contributed by atoms with van der Waals surface area (Å²) in [7, 11) is 0. The molecular formula is C17H26N4O. The Bertz CT molecular complexity index is 560. The maximum atomic E-state index is 9.54. The molecule has 2 aromatic rings. The molecule has 0 aliphatic rings. The molecule has 120 valence electrons. The van der Waals surface area contributed by atoms with Crippen molar-refractivity contribution >= 4 is 0 Å². The zero-order valence-electron chi connectivity index (χ0n) is 13.6. The minimum atomic E-state index is 0.0534. The van der Waals surface area contributed by atoms with E-state index < -0.39 is 0 Å². The highest BCUT2D eigenvalue weighted by molar-refractivity contribution is 5.23. The van der Waals surface area contributed by atoms with Crippen molar-refractivity contribution in [3.05, 3.63) is 47.5 Å². The van der Waals surface area contributed by atoms with Crippen LogP contribution in [0.2, 0.25) is 0 Å². The van der Waals surface area contributed by atoms with E-state index in [1.54, 1.807) is 6.20 Å². The monoisotopic (exact) mass is 302 g/mol. The second-order valence-corrected chi connectivity index (χ2v) is 6.72. The average molecular weight is 302 g/mol. The standard InChI is InChI=1S/C17H26N4O/c1-17(2,3)16-14(11-20-21-16)10-18-9-13(12-22)8-15-6-4-5-7-19-15/h4-7,11,13,18,22H,8-10,12H2,1-3H3,(H,20,21). The lowest BCUT2D eigenvalue weighted by Gasteiger charge is -2.19. The fourth-order valence-electron chi connectivity index (χ4n) is 2.52. The predicted octanol–water partition coefficient (Wildman–Crippen LogP) is 2.04. The van der Waals surface area contributed by atoms with Crippen molar-refractivity contribution in [3.63, 3.8) is 0 Å². The SMILES string of the molecule is CC(C)(C)c1[nH]ncc1CNCC(CO)Cc1ccccn1. The zero-order chi connectivity index (χ0) is 16.0. The number of hydrogen-bond donors (Lipinski definition) is 3. The van der Waals surface area contributed by atoms with E-state index in [9.17, 15) is 5.11 Å². The van der Waals surface area contributed by atoms with Crippen LogP contribution in [0.5, 0.6) is 0 Å². The minimum Gasteiger partial charge on any atom is -0.396 e. The smallest absolute Gasteiger partial charge is 0.0535 e. The molecule has 0 saturated heterocycles. The van der Waals surface area contributed by atoms with Gasteiger partial charge in [-0.1, -0.05) is 26.8 Å². The summed E-state index contributed by atoms with van der Waals surface area (Å²) >= 11 is 0. The summed E-state index contributed by atoms with van der Waals surface area (Å²) in [6.07, 6.45) is 4.44. The molecule has 2 rings (SSSR count). The van der Waals surface area contributed by atoms with Crippen LogP contribution in [0.3, 0.4) is 0 Å². The highest BCUT2D eigenvalue weighted by Crippen LogP contribution is 2.23. The van der Waals surface area contributed by atoms with Gasteiger partial charge in [0.25, 0.3) is 0 Å². The normalized spacial score (nSPS) is 13.3. The van der Waals surface area contributed by atoms with Gasteiger partial charge in [0, 0.05) is 48.3 Å². The summed E-state index contributed by atoms with van der Waals surface area (Å²) in [5.74, 6) is 0.167. The van der Waals surface area contributed by atoms with Gasteiger partial charge in [-0.15, -0.1) is 0 Å². The van der Waals surface area contributed by atoms with Gasteiger partial charge in [0.05, 0.1) is 6.20 Å². The summed E-state index contributed by atoms with van der Waals surface area (Å²) < 4.78 is 0. The molecule has 3 N–H and O–H groups in total. The Hall–Kier alpha value is -1.72. The molecule has 0 spiro atoms. The topological polar surface area (TPSA) is 73.8 Å². The molecule has 0 saturated carbocycles. The lowest BCUT2D eigenvalue weighted by Crippen LogP contribution is -2.27. The van der Waals surface area contributed by atoms with E-state index >= 15 is 0 Å². The van der Waals surface area contributed by atoms with Gasteiger partial charge in [-0.3, -0.25) is 10.1 Å². The molecule has 0 fully saturated rings. The van der Waals surface area contributed by atoms with Gasteiger partial charge in [0.1, 0.15) is 0 Å². The molecule has 0 amide bonds. The number of nitrogens with zero attached hydrogens (tertiary/aromatic N) is 2. The highest BCUT2D eigenvalue weighted by Gasteiger charge is 2.19. The quantitative estimate of drug-likeness (QED) is 0.732. The van der Waals surface area contributed by atoms with Crippen LogP contribution in [-0.2, 0) is 18.4 Å². The number of hydrogen-bond acceptors (Lipinski definition) is 4. The van der Waals surface area contributed by atoms with Crippen molar-refractivity contribution < 1.29 is 5.11 Å². The summed E-state index contributed by atoms with van der Waals surface area (Å²) in [6.45, 7) is 8.16. The fourth-order valence-corrected chi connectivity index (χ4v) is 2.52. The van der Waals surface area contributed by atoms with Crippen LogP contribution in [0, 0.1) is 5.92 Å². The van der Waals surface area contributed by atoms with E-state index in [4.69, 9.17) is 0 Å².